The number of likely N-dealkylation sites (tertiary alicyclic amines) is 1. The molecule has 1 saturated heterocycles. The molecule has 2 N–H and O–H groups in total. The molecule has 1 amide bonds. The summed E-state index contributed by atoms with van der Waals surface area (Å²) in [5, 5.41) is 0.256. The lowest BCUT2D eigenvalue weighted by Crippen LogP contribution is -2.26. The van der Waals surface area contributed by atoms with E-state index in [9.17, 15) is 4.79 Å². The maximum Gasteiger partial charge on any atom is 0.223 e. The van der Waals surface area contributed by atoms with E-state index in [1.54, 1.807) is 0 Å². The summed E-state index contributed by atoms with van der Waals surface area (Å²) in [5.74, 6) is 0.267. The van der Waals surface area contributed by atoms with Crippen molar-refractivity contribution in [2.24, 2.45) is 5.73 Å². The van der Waals surface area contributed by atoms with Gasteiger partial charge in [-0.25, -0.2) is 0 Å². The van der Waals surface area contributed by atoms with Crippen molar-refractivity contribution in [2.75, 3.05) is 19.6 Å². The number of unbranched alkanes of at least 4 members (excludes halogenated alkanes) is 3. The lowest BCUT2D eigenvalue weighted by molar-refractivity contribution is -0.127. The maximum atomic E-state index is 11.4. The topological polar surface area (TPSA) is 46.3 Å². The summed E-state index contributed by atoms with van der Waals surface area (Å²) in [5.41, 5.74) is 5.40. The molecule has 4 heteroatoms. The Bertz CT molecular complexity index is 187. The SMILES string of the molecule is NCCCCCCN1CC(S)CC1=O. The van der Waals surface area contributed by atoms with E-state index in [0.29, 0.717) is 6.42 Å². The van der Waals surface area contributed by atoms with E-state index in [1.165, 1.54) is 12.8 Å². The van der Waals surface area contributed by atoms with Gasteiger partial charge in [-0.1, -0.05) is 12.8 Å². The molecule has 1 heterocycles. The summed E-state index contributed by atoms with van der Waals surface area (Å²) in [4.78, 5) is 13.3. The molecule has 1 unspecified atom stereocenters. The van der Waals surface area contributed by atoms with Crippen molar-refractivity contribution in [3.8, 4) is 0 Å². The molecule has 14 heavy (non-hydrogen) atoms. The van der Waals surface area contributed by atoms with Gasteiger partial charge in [0.2, 0.25) is 5.91 Å². The molecule has 1 aliphatic heterocycles. The molecule has 1 atom stereocenters. The van der Waals surface area contributed by atoms with Gasteiger partial charge in [0.25, 0.3) is 0 Å². The zero-order valence-electron chi connectivity index (χ0n) is 8.61. The standard InChI is InChI=1S/C10H20N2OS/c11-5-3-1-2-4-6-12-8-9(14)7-10(12)13/h9,14H,1-8,11H2. The van der Waals surface area contributed by atoms with Crippen molar-refractivity contribution in [3.05, 3.63) is 0 Å². The van der Waals surface area contributed by atoms with Gasteiger partial charge in [0.05, 0.1) is 0 Å². The smallest absolute Gasteiger partial charge is 0.223 e. The van der Waals surface area contributed by atoms with E-state index < -0.39 is 0 Å². The van der Waals surface area contributed by atoms with Gasteiger partial charge in [-0.2, -0.15) is 12.6 Å². The van der Waals surface area contributed by atoms with E-state index >= 15 is 0 Å². The molecule has 1 rings (SSSR count). The van der Waals surface area contributed by atoms with Crippen LogP contribution in [0.1, 0.15) is 32.1 Å². The highest BCUT2D eigenvalue weighted by Gasteiger charge is 2.26. The van der Waals surface area contributed by atoms with Crippen LogP contribution < -0.4 is 5.73 Å². The Balaban J connectivity index is 2.04. The first-order chi connectivity index (χ1) is 6.74. The van der Waals surface area contributed by atoms with Crippen LogP contribution in [0.3, 0.4) is 0 Å². The van der Waals surface area contributed by atoms with E-state index in [-0.39, 0.29) is 11.2 Å². The Hall–Kier alpha value is -0.220. The number of thiol groups is 1. The minimum absolute atomic E-state index is 0.256. The second-order valence-electron chi connectivity index (χ2n) is 3.90. The number of amides is 1. The molecule has 0 saturated carbocycles. The average molecular weight is 216 g/mol. The molecule has 0 bridgehead atoms. The zero-order valence-corrected chi connectivity index (χ0v) is 9.51. The summed E-state index contributed by atoms with van der Waals surface area (Å²) in [6, 6.07) is 0. The normalized spacial score (nSPS) is 22.0. The fraction of sp³-hybridized carbons (Fsp3) is 0.900. The molecule has 1 fully saturated rings. The number of nitrogens with two attached hydrogens (primary N) is 1. The lowest BCUT2D eigenvalue weighted by atomic mass is 10.2. The van der Waals surface area contributed by atoms with Gasteiger partial charge < -0.3 is 10.6 Å². The molecule has 0 aromatic rings. The molecule has 0 aromatic heterocycles. The Morgan fingerprint density at radius 1 is 1.36 bits per heavy atom. The fourth-order valence-corrected chi connectivity index (χ4v) is 2.12. The lowest BCUT2D eigenvalue weighted by Gasteiger charge is -2.15. The largest absolute Gasteiger partial charge is 0.342 e. The molecule has 0 radical (unpaired) electrons. The fourth-order valence-electron chi connectivity index (χ4n) is 1.77. The van der Waals surface area contributed by atoms with Crippen LogP contribution in [0.2, 0.25) is 0 Å². The van der Waals surface area contributed by atoms with Crippen LogP contribution >= 0.6 is 12.6 Å². The molecular formula is C10H20N2OS. The monoisotopic (exact) mass is 216 g/mol. The quantitative estimate of drug-likeness (QED) is 0.515. The second-order valence-corrected chi connectivity index (χ2v) is 4.63. The summed E-state index contributed by atoms with van der Waals surface area (Å²) < 4.78 is 0. The first-order valence-corrected chi connectivity index (χ1v) is 5.91. The molecule has 3 nitrogen and oxygen atoms in total. The molecule has 82 valence electrons. The van der Waals surface area contributed by atoms with Crippen molar-refractivity contribution in [1.82, 2.24) is 4.90 Å². The van der Waals surface area contributed by atoms with Gasteiger partial charge >= 0.3 is 0 Å². The Kier molecular flexibility index (Phi) is 5.33. The van der Waals surface area contributed by atoms with Crippen LogP contribution in [-0.4, -0.2) is 35.7 Å². The molecule has 0 aromatic carbocycles. The number of carbonyl (C=O) groups excluding carboxylic acids is 1. The number of carbonyl (C=O) groups is 1. The van der Waals surface area contributed by atoms with Crippen molar-refractivity contribution in [2.45, 2.75) is 37.4 Å². The van der Waals surface area contributed by atoms with Crippen LogP contribution in [0.25, 0.3) is 0 Å². The third-order valence-electron chi connectivity index (χ3n) is 2.58. The van der Waals surface area contributed by atoms with E-state index in [4.69, 9.17) is 5.73 Å². The highest BCUT2D eigenvalue weighted by atomic mass is 32.1. The molecule has 1 aliphatic rings. The first kappa shape index (κ1) is 11.9. The maximum absolute atomic E-state index is 11.4. The summed E-state index contributed by atoms with van der Waals surface area (Å²) >= 11 is 4.31. The van der Waals surface area contributed by atoms with Crippen molar-refractivity contribution >= 4 is 18.5 Å². The van der Waals surface area contributed by atoms with Gasteiger partial charge in [-0.3, -0.25) is 4.79 Å². The number of hydrogen-bond acceptors (Lipinski definition) is 3. The molecule has 0 aliphatic carbocycles. The Morgan fingerprint density at radius 3 is 2.64 bits per heavy atom. The van der Waals surface area contributed by atoms with Gasteiger partial charge in [-0.15, -0.1) is 0 Å². The van der Waals surface area contributed by atoms with Crippen molar-refractivity contribution in [1.29, 1.82) is 0 Å². The van der Waals surface area contributed by atoms with Crippen molar-refractivity contribution < 1.29 is 4.79 Å². The zero-order chi connectivity index (χ0) is 10.4. The number of nitrogens with zero attached hydrogens (tertiary/aromatic N) is 1. The summed E-state index contributed by atoms with van der Waals surface area (Å²) in [6.45, 7) is 2.51. The minimum atomic E-state index is 0.256. The third-order valence-corrected chi connectivity index (χ3v) is 2.92. The minimum Gasteiger partial charge on any atom is -0.342 e. The van der Waals surface area contributed by atoms with Crippen LogP contribution in [0, 0.1) is 0 Å². The Morgan fingerprint density at radius 2 is 2.07 bits per heavy atom. The van der Waals surface area contributed by atoms with Crippen molar-refractivity contribution in [3.63, 3.8) is 0 Å². The Labute approximate surface area is 91.4 Å². The number of hydrogen-bond donors (Lipinski definition) is 2. The average Bonchev–Trinajstić information content (AvgIpc) is 2.45. The number of rotatable bonds is 6. The third kappa shape index (κ3) is 3.88. The highest BCUT2D eigenvalue weighted by Crippen LogP contribution is 2.16. The van der Waals surface area contributed by atoms with E-state index in [2.05, 4.69) is 12.6 Å². The molecule has 0 spiro atoms. The van der Waals surface area contributed by atoms with E-state index in [1.807, 2.05) is 4.90 Å². The first-order valence-electron chi connectivity index (χ1n) is 5.40. The van der Waals surface area contributed by atoms with Gasteiger partial charge in [0.15, 0.2) is 0 Å². The van der Waals surface area contributed by atoms with Gasteiger partial charge in [0.1, 0.15) is 0 Å². The van der Waals surface area contributed by atoms with Crippen LogP contribution in [0.15, 0.2) is 0 Å². The van der Waals surface area contributed by atoms with Crippen LogP contribution in [0.4, 0.5) is 0 Å². The van der Waals surface area contributed by atoms with Crippen LogP contribution in [0.5, 0.6) is 0 Å². The van der Waals surface area contributed by atoms with Crippen LogP contribution in [-0.2, 0) is 4.79 Å². The van der Waals surface area contributed by atoms with Gasteiger partial charge in [-0.05, 0) is 19.4 Å². The highest BCUT2D eigenvalue weighted by molar-refractivity contribution is 7.81. The summed E-state index contributed by atoms with van der Waals surface area (Å²) in [7, 11) is 0. The predicted molar refractivity (Wildman–Crippen MR) is 61.5 cm³/mol. The predicted octanol–water partition coefficient (Wildman–Crippen LogP) is 1.04. The second kappa shape index (κ2) is 6.30. The molecular weight excluding hydrogens is 196 g/mol. The summed E-state index contributed by atoms with van der Waals surface area (Å²) in [6.07, 6.45) is 5.18. The van der Waals surface area contributed by atoms with E-state index in [0.717, 1.165) is 32.5 Å². The van der Waals surface area contributed by atoms with Gasteiger partial charge in [0, 0.05) is 24.8 Å².